The molecule has 1 aliphatic carbocycles. The van der Waals surface area contributed by atoms with E-state index in [9.17, 15) is 5.11 Å². The lowest BCUT2D eigenvalue weighted by Crippen LogP contribution is -2.74. The number of ether oxygens (including phenoxy) is 2. The first-order chi connectivity index (χ1) is 16.7. The number of rotatable bonds is 4. The monoisotopic (exact) mass is 550 g/mol. The SMILES string of the molecule is C[C@@H]1CC[C@@H]2[C@]34OO[C@](C)(CC[C@@H]13)O[C@H]4OC(Nc1ccc(O)c(CN3CCCCC3)c1)[C@@]2(C)Br. The number of anilines is 1. The van der Waals surface area contributed by atoms with Crippen molar-refractivity contribution in [3.63, 3.8) is 0 Å². The molecule has 7 rings (SSSR count). The molecule has 7 nitrogen and oxygen atoms in total. The third-order valence-corrected chi connectivity index (χ3v) is 10.4. The van der Waals surface area contributed by atoms with Crippen molar-refractivity contribution in [2.24, 2.45) is 17.8 Å². The molecule has 2 bridgehead atoms. The Kier molecular flexibility index (Phi) is 6.18. The van der Waals surface area contributed by atoms with Gasteiger partial charge in [-0.1, -0.05) is 29.3 Å². The van der Waals surface area contributed by atoms with E-state index in [1.165, 1.54) is 19.3 Å². The summed E-state index contributed by atoms with van der Waals surface area (Å²) in [7, 11) is 0. The number of fused-ring (bicyclic) bond motifs is 2. The zero-order chi connectivity index (χ0) is 24.4. The van der Waals surface area contributed by atoms with Gasteiger partial charge in [0.2, 0.25) is 5.79 Å². The maximum atomic E-state index is 10.6. The average molecular weight is 552 g/mol. The summed E-state index contributed by atoms with van der Waals surface area (Å²) in [5.41, 5.74) is 1.25. The lowest BCUT2D eigenvalue weighted by Gasteiger charge is -2.62. The highest BCUT2D eigenvalue weighted by Crippen LogP contribution is 2.63. The van der Waals surface area contributed by atoms with E-state index in [0.29, 0.717) is 17.6 Å². The number of benzene rings is 1. The summed E-state index contributed by atoms with van der Waals surface area (Å²) in [5.74, 6) is 0.547. The topological polar surface area (TPSA) is 72.4 Å². The number of aromatic hydroxyl groups is 1. The molecule has 1 saturated carbocycles. The Bertz CT molecular complexity index is 955. The number of phenolic OH excluding ortho intramolecular Hbond substituents is 1. The Balaban J connectivity index is 1.28. The van der Waals surface area contributed by atoms with Gasteiger partial charge in [-0.15, -0.1) is 0 Å². The molecule has 6 fully saturated rings. The van der Waals surface area contributed by atoms with Crippen LogP contribution in [-0.2, 0) is 25.8 Å². The predicted molar refractivity (Wildman–Crippen MR) is 136 cm³/mol. The molecule has 0 aromatic heterocycles. The van der Waals surface area contributed by atoms with Gasteiger partial charge in [0, 0.05) is 30.1 Å². The molecule has 0 amide bonds. The van der Waals surface area contributed by atoms with Crippen LogP contribution in [0.2, 0.25) is 0 Å². The first-order valence-electron chi connectivity index (χ1n) is 13.4. The molecule has 8 atom stereocenters. The second-order valence-electron chi connectivity index (χ2n) is 11.8. The minimum Gasteiger partial charge on any atom is -0.508 e. The zero-order valence-electron chi connectivity index (χ0n) is 21.1. The highest BCUT2D eigenvalue weighted by Gasteiger charge is 2.72. The fourth-order valence-electron chi connectivity index (χ4n) is 7.37. The van der Waals surface area contributed by atoms with Crippen molar-refractivity contribution in [2.75, 3.05) is 18.4 Å². The smallest absolute Gasteiger partial charge is 0.201 e. The van der Waals surface area contributed by atoms with Gasteiger partial charge in [-0.2, -0.15) is 0 Å². The minimum atomic E-state index is -0.789. The molecule has 6 aliphatic rings. The number of nitrogens with one attached hydrogen (secondary N) is 1. The van der Waals surface area contributed by atoms with Crippen LogP contribution in [-0.4, -0.2) is 51.3 Å². The summed E-state index contributed by atoms with van der Waals surface area (Å²) >= 11 is 4.10. The number of halogens is 1. The van der Waals surface area contributed by atoms with Gasteiger partial charge in [0.05, 0.1) is 4.32 Å². The molecular formula is C27H39BrN2O5. The Morgan fingerprint density at radius 3 is 2.71 bits per heavy atom. The molecule has 8 heteroatoms. The normalized spacial score (nSPS) is 45.5. The summed E-state index contributed by atoms with van der Waals surface area (Å²) in [4.78, 5) is 14.7. The molecule has 2 N–H and O–H groups in total. The average Bonchev–Trinajstić information content (AvgIpc) is 3.06. The highest BCUT2D eigenvalue weighted by molar-refractivity contribution is 9.10. The molecule has 5 aliphatic heterocycles. The van der Waals surface area contributed by atoms with Crippen molar-refractivity contribution < 1.29 is 24.4 Å². The van der Waals surface area contributed by atoms with E-state index in [0.717, 1.165) is 56.6 Å². The Morgan fingerprint density at radius 1 is 1.11 bits per heavy atom. The minimum absolute atomic E-state index is 0.153. The number of alkyl halides is 1. The largest absolute Gasteiger partial charge is 0.508 e. The van der Waals surface area contributed by atoms with Gasteiger partial charge >= 0.3 is 0 Å². The van der Waals surface area contributed by atoms with Gasteiger partial charge in [0.15, 0.2) is 11.9 Å². The van der Waals surface area contributed by atoms with Crippen LogP contribution in [0.5, 0.6) is 5.75 Å². The lowest BCUT2D eigenvalue weighted by molar-refractivity contribution is -0.568. The molecule has 1 aromatic carbocycles. The third-order valence-electron chi connectivity index (χ3n) is 9.39. The van der Waals surface area contributed by atoms with Gasteiger partial charge in [-0.05, 0) is 89.1 Å². The summed E-state index contributed by atoms with van der Waals surface area (Å²) in [6.45, 7) is 9.42. The maximum Gasteiger partial charge on any atom is 0.201 e. The molecule has 0 radical (unpaired) electrons. The second-order valence-corrected chi connectivity index (χ2v) is 13.6. The summed E-state index contributed by atoms with van der Waals surface area (Å²) in [5, 5.41) is 14.2. The van der Waals surface area contributed by atoms with E-state index in [4.69, 9.17) is 19.2 Å². The molecular weight excluding hydrogens is 512 g/mol. The number of hydrogen-bond acceptors (Lipinski definition) is 7. The van der Waals surface area contributed by atoms with Crippen LogP contribution in [0.25, 0.3) is 0 Å². The van der Waals surface area contributed by atoms with Crippen molar-refractivity contribution in [3.8, 4) is 5.75 Å². The van der Waals surface area contributed by atoms with Crippen molar-refractivity contribution in [1.82, 2.24) is 4.90 Å². The van der Waals surface area contributed by atoms with Crippen molar-refractivity contribution in [3.05, 3.63) is 23.8 Å². The van der Waals surface area contributed by atoms with E-state index in [1.54, 1.807) is 6.07 Å². The molecule has 5 heterocycles. The van der Waals surface area contributed by atoms with Crippen molar-refractivity contribution in [1.29, 1.82) is 0 Å². The van der Waals surface area contributed by atoms with Crippen LogP contribution >= 0.6 is 15.9 Å². The number of hydrogen-bond donors (Lipinski definition) is 2. The fraction of sp³-hybridized carbons (Fsp3) is 0.778. The number of nitrogens with zero attached hydrogens (tertiary/aromatic N) is 1. The van der Waals surface area contributed by atoms with E-state index in [-0.39, 0.29) is 12.1 Å². The standard InChI is InChI=1S/C27H39BrN2O5/c1-17-7-10-22-26(3,28)23(32-24-27(22)20(17)11-12-25(2,33-24)34-35-27)29-19-8-9-21(31)18(15-19)16-30-13-5-4-6-14-30/h8-9,15,17,20,22-24,29,31H,4-7,10-14,16H2,1-3H3/t17-,20+,22+,23?,24-,25-,26+,27-/m1/s1. The molecule has 5 saturated heterocycles. The van der Waals surface area contributed by atoms with E-state index in [2.05, 4.69) is 46.1 Å². The fourth-order valence-corrected chi connectivity index (χ4v) is 8.18. The van der Waals surface area contributed by atoms with Crippen LogP contribution in [0.1, 0.15) is 71.3 Å². The lowest BCUT2D eigenvalue weighted by atomic mass is 9.58. The quantitative estimate of drug-likeness (QED) is 0.290. The van der Waals surface area contributed by atoms with Gasteiger partial charge in [0.25, 0.3) is 0 Å². The Morgan fingerprint density at radius 2 is 1.91 bits per heavy atom. The first kappa shape index (κ1) is 24.4. The van der Waals surface area contributed by atoms with E-state index in [1.807, 2.05) is 13.0 Å². The van der Waals surface area contributed by atoms with Crippen LogP contribution in [0.15, 0.2) is 18.2 Å². The summed E-state index contributed by atoms with van der Waals surface area (Å²) < 4.78 is 12.8. The first-order valence-corrected chi connectivity index (χ1v) is 14.2. The molecule has 35 heavy (non-hydrogen) atoms. The van der Waals surface area contributed by atoms with Gasteiger partial charge in [-0.25, -0.2) is 9.78 Å². The highest BCUT2D eigenvalue weighted by atomic mass is 79.9. The van der Waals surface area contributed by atoms with Crippen molar-refractivity contribution >= 4 is 21.6 Å². The molecule has 1 aromatic rings. The zero-order valence-corrected chi connectivity index (χ0v) is 22.7. The number of piperidine rings is 1. The third kappa shape index (κ3) is 4.03. The summed E-state index contributed by atoms with van der Waals surface area (Å²) in [6, 6.07) is 5.78. The van der Waals surface area contributed by atoms with Crippen LogP contribution in [0.4, 0.5) is 5.69 Å². The van der Waals surface area contributed by atoms with E-state index < -0.39 is 22.0 Å². The summed E-state index contributed by atoms with van der Waals surface area (Å²) in [6.07, 6.45) is 6.88. The predicted octanol–water partition coefficient (Wildman–Crippen LogP) is 5.52. The van der Waals surface area contributed by atoms with Gasteiger partial charge < -0.3 is 19.9 Å². The maximum absolute atomic E-state index is 10.6. The van der Waals surface area contributed by atoms with Crippen LogP contribution in [0.3, 0.4) is 0 Å². The second kappa shape index (κ2) is 8.84. The van der Waals surface area contributed by atoms with Crippen LogP contribution in [0, 0.1) is 17.8 Å². The molecule has 194 valence electrons. The van der Waals surface area contributed by atoms with Gasteiger partial charge in [0.1, 0.15) is 12.0 Å². The molecule has 1 unspecified atom stereocenters. The number of likely N-dealkylation sites (tertiary alicyclic amines) is 1. The van der Waals surface area contributed by atoms with Crippen LogP contribution < -0.4 is 5.32 Å². The Labute approximate surface area is 216 Å². The van der Waals surface area contributed by atoms with Crippen molar-refractivity contribution in [2.45, 2.75) is 100 Å². The van der Waals surface area contributed by atoms with Gasteiger partial charge in [-0.3, -0.25) is 4.90 Å². The number of phenols is 1. The Hall–Kier alpha value is -0.900. The molecule has 1 spiro atoms. The van der Waals surface area contributed by atoms with E-state index >= 15 is 0 Å².